The van der Waals surface area contributed by atoms with Crippen LogP contribution >= 0.6 is 11.6 Å². The number of nitrogens with zero attached hydrogens (tertiary/aromatic N) is 1. The molecule has 0 aromatic rings. The Balaban J connectivity index is 2.21. The molecule has 12 heavy (non-hydrogen) atoms. The molecule has 1 aliphatic rings. The average molecular weight is 191 g/mol. The summed E-state index contributed by atoms with van der Waals surface area (Å²) in [5.41, 5.74) is 0. The number of carbonyl (C=O) groups excluding carboxylic acids is 1. The maximum atomic E-state index is 10.7. The first kappa shape index (κ1) is 9.81. The lowest BCUT2D eigenvalue weighted by Crippen LogP contribution is -2.35. The number of carbonyl (C=O) groups is 1. The monoisotopic (exact) mass is 190 g/mol. The molecule has 1 aliphatic heterocycles. The van der Waals surface area contributed by atoms with E-state index in [1.165, 1.54) is 0 Å². The Labute approximate surface area is 78.1 Å². The topological polar surface area (TPSA) is 32.3 Å². The second-order valence-corrected chi connectivity index (χ2v) is 3.55. The van der Waals surface area contributed by atoms with E-state index in [-0.39, 0.29) is 5.91 Å². The Morgan fingerprint density at radius 1 is 1.75 bits per heavy atom. The minimum absolute atomic E-state index is 0.0627. The number of nitrogens with one attached hydrogen (secondary N) is 1. The lowest BCUT2D eigenvalue weighted by Gasteiger charge is -2.14. The van der Waals surface area contributed by atoms with Crippen molar-refractivity contribution >= 4 is 17.5 Å². The van der Waals surface area contributed by atoms with Gasteiger partial charge in [0, 0.05) is 38.5 Å². The molecule has 1 saturated heterocycles. The molecule has 0 aromatic carbocycles. The van der Waals surface area contributed by atoms with Crippen LogP contribution in [0.4, 0.5) is 0 Å². The fourth-order valence-electron chi connectivity index (χ4n) is 1.56. The van der Waals surface area contributed by atoms with Gasteiger partial charge in [-0.05, 0) is 6.42 Å². The van der Waals surface area contributed by atoms with Gasteiger partial charge in [0.15, 0.2) is 0 Å². The third-order valence-corrected chi connectivity index (χ3v) is 2.25. The Bertz CT molecular complexity index is 163. The van der Waals surface area contributed by atoms with Crippen molar-refractivity contribution in [1.82, 2.24) is 10.2 Å². The van der Waals surface area contributed by atoms with Gasteiger partial charge in [0.25, 0.3) is 0 Å². The van der Waals surface area contributed by atoms with Crippen LogP contribution in [0, 0.1) is 0 Å². The molecule has 70 valence electrons. The lowest BCUT2D eigenvalue weighted by atomic mass is 10.3. The fourth-order valence-corrected chi connectivity index (χ4v) is 1.80. The molecule has 1 N–H and O–H groups in total. The first-order valence-corrected chi connectivity index (χ1v) is 4.81. The summed E-state index contributed by atoms with van der Waals surface area (Å²) in [7, 11) is 0. The lowest BCUT2D eigenvalue weighted by molar-refractivity contribution is -0.119. The van der Waals surface area contributed by atoms with Crippen LogP contribution in [0.3, 0.4) is 0 Å². The summed E-state index contributed by atoms with van der Waals surface area (Å²) in [5, 5.41) is 2.91. The van der Waals surface area contributed by atoms with Gasteiger partial charge >= 0.3 is 0 Å². The van der Waals surface area contributed by atoms with E-state index in [0.29, 0.717) is 11.9 Å². The van der Waals surface area contributed by atoms with Crippen molar-refractivity contribution in [2.75, 3.05) is 25.5 Å². The zero-order chi connectivity index (χ0) is 8.97. The first-order valence-electron chi connectivity index (χ1n) is 4.28. The molecule has 1 fully saturated rings. The number of alkyl halides is 1. The van der Waals surface area contributed by atoms with Gasteiger partial charge in [0.2, 0.25) is 5.91 Å². The van der Waals surface area contributed by atoms with E-state index in [1.807, 2.05) is 0 Å². The molecule has 1 unspecified atom stereocenters. The number of hydrogen-bond acceptors (Lipinski definition) is 2. The summed E-state index contributed by atoms with van der Waals surface area (Å²) < 4.78 is 0. The van der Waals surface area contributed by atoms with Crippen LogP contribution in [0.25, 0.3) is 0 Å². The maximum Gasteiger partial charge on any atom is 0.217 e. The summed E-state index contributed by atoms with van der Waals surface area (Å²) in [6, 6.07) is 0.339. The molecule has 1 atom stereocenters. The summed E-state index contributed by atoms with van der Waals surface area (Å²) in [4.78, 5) is 13.0. The highest BCUT2D eigenvalue weighted by molar-refractivity contribution is 6.18. The molecule has 0 radical (unpaired) electrons. The van der Waals surface area contributed by atoms with E-state index in [0.717, 1.165) is 26.1 Å². The molecule has 0 spiro atoms. The van der Waals surface area contributed by atoms with Gasteiger partial charge in [-0.15, -0.1) is 11.6 Å². The number of amides is 1. The third kappa shape index (κ3) is 2.99. The SMILES string of the molecule is CC(=O)NC1CCN(CCCl)C1. The Hall–Kier alpha value is -0.280. The normalized spacial score (nSPS) is 24.3. The van der Waals surface area contributed by atoms with E-state index in [4.69, 9.17) is 11.6 Å². The van der Waals surface area contributed by atoms with Gasteiger partial charge in [-0.25, -0.2) is 0 Å². The van der Waals surface area contributed by atoms with Gasteiger partial charge in [0.05, 0.1) is 0 Å². The average Bonchev–Trinajstić information content (AvgIpc) is 2.36. The zero-order valence-corrected chi connectivity index (χ0v) is 8.10. The summed E-state index contributed by atoms with van der Waals surface area (Å²) in [6.07, 6.45) is 1.05. The number of halogens is 1. The summed E-state index contributed by atoms with van der Waals surface area (Å²) >= 11 is 5.61. The molecule has 1 heterocycles. The summed E-state index contributed by atoms with van der Waals surface area (Å²) in [6.45, 7) is 4.49. The number of rotatable bonds is 3. The molecular formula is C8H15ClN2O. The van der Waals surface area contributed by atoms with E-state index in [2.05, 4.69) is 10.2 Å². The molecule has 4 heteroatoms. The zero-order valence-electron chi connectivity index (χ0n) is 7.35. The molecular weight excluding hydrogens is 176 g/mol. The number of hydrogen-bond donors (Lipinski definition) is 1. The van der Waals surface area contributed by atoms with Crippen molar-refractivity contribution in [2.45, 2.75) is 19.4 Å². The highest BCUT2D eigenvalue weighted by Crippen LogP contribution is 2.08. The quantitative estimate of drug-likeness (QED) is 0.655. The third-order valence-electron chi connectivity index (χ3n) is 2.08. The van der Waals surface area contributed by atoms with E-state index >= 15 is 0 Å². The molecule has 0 bridgehead atoms. The largest absolute Gasteiger partial charge is 0.352 e. The predicted molar refractivity (Wildman–Crippen MR) is 49.4 cm³/mol. The van der Waals surface area contributed by atoms with Crippen molar-refractivity contribution in [3.8, 4) is 0 Å². The Morgan fingerprint density at radius 2 is 2.50 bits per heavy atom. The van der Waals surface area contributed by atoms with Crippen molar-refractivity contribution in [3.63, 3.8) is 0 Å². The van der Waals surface area contributed by atoms with Gasteiger partial charge in [-0.1, -0.05) is 0 Å². The minimum atomic E-state index is 0.0627. The van der Waals surface area contributed by atoms with E-state index in [9.17, 15) is 4.79 Å². The molecule has 1 rings (SSSR count). The van der Waals surface area contributed by atoms with Crippen molar-refractivity contribution in [2.24, 2.45) is 0 Å². The maximum absolute atomic E-state index is 10.7. The van der Waals surface area contributed by atoms with Crippen molar-refractivity contribution < 1.29 is 4.79 Å². The highest BCUT2D eigenvalue weighted by Gasteiger charge is 2.21. The fraction of sp³-hybridized carbons (Fsp3) is 0.875. The van der Waals surface area contributed by atoms with Gasteiger partial charge < -0.3 is 10.2 Å². The summed E-state index contributed by atoms with van der Waals surface area (Å²) in [5.74, 6) is 0.736. The first-order chi connectivity index (χ1) is 5.72. The molecule has 3 nitrogen and oxygen atoms in total. The van der Waals surface area contributed by atoms with Crippen LogP contribution in [0.15, 0.2) is 0 Å². The number of likely N-dealkylation sites (tertiary alicyclic amines) is 1. The molecule has 0 saturated carbocycles. The highest BCUT2D eigenvalue weighted by atomic mass is 35.5. The molecule has 0 aromatic heterocycles. The smallest absolute Gasteiger partial charge is 0.217 e. The van der Waals surface area contributed by atoms with Crippen LogP contribution in [-0.4, -0.2) is 42.4 Å². The van der Waals surface area contributed by atoms with Crippen LogP contribution < -0.4 is 5.32 Å². The molecule has 0 aliphatic carbocycles. The van der Waals surface area contributed by atoms with Crippen molar-refractivity contribution in [1.29, 1.82) is 0 Å². The molecule has 1 amide bonds. The second-order valence-electron chi connectivity index (χ2n) is 3.18. The van der Waals surface area contributed by atoms with E-state index in [1.54, 1.807) is 6.92 Å². The standard InChI is InChI=1S/C8H15ClN2O/c1-7(12)10-8-2-4-11(6-8)5-3-9/h8H,2-6H2,1H3,(H,10,12). The van der Waals surface area contributed by atoms with Gasteiger partial charge in [-0.3, -0.25) is 4.79 Å². The Morgan fingerprint density at radius 3 is 3.08 bits per heavy atom. The van der Waals surface area contributed by atoms with Crippen LogP contribution in [0.1, 0.15) is 13.3 Å². The minimum Gasteiger partial charge on any atom is -0.352 e. The second kappa shape index (κ2) is 4.67. The van der Waals surface area contributed by atoms with E-state index < -0.39 is 0 Å². The van der Waals surface area contributed by atoms with Gasteiger partial charge in [0.1, 0.15) is 0 Å². The van der Waals surface area contributed by atoms with Crippen LogP contribution in [0.5, 0.6) is 0 Å². The van der Waals surface area contributed by atoms with Crippen molar-refractivity contribution in [3.05, 3.63) is 0 Å². The van der Waals surface area contributed by atoms with Crippen LogP contribution in [0.2, 0.25) is 0 Å². The predicted octanol–water partition coefficient (Wildman–Crippen LogP) is 0.436. The Kier molecular flexibility index (Phi) is 3.82. The van der Waals surface area contributed by atoms with Crippen LogP contribution in [-0.2, 0) is 4.79 Å². The van der Waals surface area contributed by atoms with Gasteiger partial charge in [-0.2, -0.15) is 0 Å².